The summed E-state index contributed by atoms with van der Waals surface area (Å²) in [6.45, 7) is 1.80. The van der Waals surface area contributed by atoms with E-state index >= 15 is 8.78 Å². The number of halogens is 3. The van der Waals surface area contributed by atoms with E-state index in [0.29, 0.717) is 17.0 Å². The fourth-order valence-electron chi connectivity index (χ4n) is 2.81. The minimum Gasteiger partial charge on any atom is -0.494 e. The summed E-state index contributed by atoms with van der Waals surface area (Å²) in [5, 5.41) is 10.2. The number of alkyl halides is 2. The topological polar surface area (TPSA) is 88.6 Å². The Hall–Kier alpha value is -3.69. The van der Waals surface area contributed by atoms with E-state index in [1.165, 1.54) is 7.11 Å². The van der Waals surface area contributed by atoms with Crippen molar-refractivity contribution in [2.45, 2.75) is 12.8 Å². The molecule has 0 aliphatic rings. The number of hydrogen-bond acceptors (Lipinski definition) is 6. The van der Waals surface area contributed by atoms with Crippen LogP contribution in [0.4, 0.5) is 24.8 Å². The maximum Gasteiger partial charge on any atom is 0.348 e. The van der Waals surface area contributed by atoms with Crippen LogP contribution in [-0.4, -0.2) is 32.3 Å². The molecule has 7 nitrogen and oxygen atoms in total. The second-order valence-corrected chi connectivity index (χ2v) is 6.25. The highest BCUT2D eigenvalue weighted by atomic mass is 19.3. The van der Waals surface area contributed by atoms with Gasteiger partial charge in [0.1, 0.15) is 28.6 Å². The standard InChI is InChI=1S/C19H15F3N6O/c1-10-8-15(28-27-10)24-17-12-4-3-5-13(29-2)16(12)25-18(26-17)19(21,22)14-7-6-11(20)9-23-14/h3-9H,1-2H3,(H2,24,25,26,27,28). The Morgan fingerprint density at radius 1 is 1.14 bits per heavy atom. The normalized spacial score (nSPS) is 11.6. The van der Waals surface area contributed by atoms with Crippen molar-refractivity contribution in [2.24, 2.45) is 0 Å². The average molecular weight is 400 g/mol. The molecule has 3 heterocycles. The molecule has 0 radical (unpaired) electrons. The number of nitrogens with zero attached hydrogens (tertiary/aromatic N) is 4. The number of aromatic amines is 1. The van der Waals surface area contributed by atoms with Crippen LogP contribution in [0.25, 0.3) is 10.9 Å². The van der Waals surface area contributed by atoms with E-state index in [4.69, 9.17) is 4.74 Å². The van der Waals surface area contributed by atoms with Crippen molar-refractivity contribution in [3.63, 3.8) is 0 Å². The SMILES string of the molecule is COc1cccc2c(Nc3cc(C)[nH]n3)nc(C(F)(F)c3ccc(F)cn3)nc12. The second kappa shape index (κ2) is 7.04. The number of ether oxygens (including phenoxy) is 1. The number of pyridine rings is 1. The van der Waals surface area contributed by atoms with Crippen molar-refractivity contribution in [2.75, 3.05) is 12.4 Å². The number of fused-ring (bicyclic) bond motifs is 1. The third kappa shape index (κ3) is 3.44. The first-order valence-electron chi connectivity index (χ1n) is 8.52. The summed E-state index contributed by atoms with van der Waals surface area (Å²) in [4.78, 5) is 11.6. The molecule has 0 aliphatic heterocycles. The highest BCUT2D eigenvalue weighted by Gasteiger charge is 2.40. The van der Waals surface area contributed by atoms with Gasteiger partial charge in [0.05, 0.1) is 13.3 Å². The van der Waals surface area contributed by atoms with Crippen molar-refractivity contribution >= 4 is 22.5 Å². The molecule has 2 N–H and O–H groups in total. The van der Waals surface area contributed by atoms with Crippen LogP contribution in [-0.2, 0) is 5.92 Å². The zero-order chi connectivity index (χ0) is 20.6. The van der Waals surface area contributed by atoms with Gasteiger partial charge in [0, 0.05) is 17.1 Å². The Morgan fingerprint density at radius 2 is 1.97 bits per heavy atom. The van der Waals surface area contributed by atoms with Crippen molar-refractivity contribution in [1.29, 1.82) is 0 Å². The van der Waals surface area contributed by atoms with Crippen LogP contribution in [0.1, 0.15) is 17.2 Å². The minimum atomic E-state index is -3.67. The van der Waals surface area contributed by atoms with Gasteiger partial charge in [-0.05, 0) is 31.2 Å². The molecule has 148 valence electrons. The van der Waals surface area contributed by atoms with Gasteiger partial charge in [0.2, 0.25) is 5.82 Å². The van der Waals surface area contributed by atoms with Gasteiger partial charge in [-0.3, -0.25) is 10.1 Å². The van der Waals surface area contributed by atoms with E-state index in [-0.39, 0.29) is 11.3 Å². The third-order valence-electron chi connectivity index (χ3n) is 4.19. The van der Waals surface area contributed by atoms with E-state index in [9.17, 15) is 4.39 Å². The zero-order valence-electron chi connectivity index (χ0n) is 15.4. The lowest BCUT2D eigenvalue weighted by Crippen LogP contribution is -2.21. The number of hydrogen-bond donors (Lipinski definition) is 2. The van der Waals surface area contributed by atoms with Crippen molar-refractivity contribution < 1.29 is 17.9 Å². The molecule has 0 bridgehead atoms. The third-order valence-corrected chi connectivity index (χ3v) is 4.19. The molecule has 0 unspecified atom stereocenters. The average Bonchev–Trinajstić information content (AvgIpc) is 3.12. The first kappa shape index (κ1) is 18.7. The van der Waals surface area contributed by atoms with Gasteiger partial charge in [-0.15, -0.1) is 0 Å². The molecule has 0 fully saturated rings. The summed E-state index contributed by atoms with van der Waals surface area (Å²) >= 11 is 0. The molecule has 3 aromatic heterocycles. The molecule has 0 saturated carbocycles. The summed E-state index contributed by atoms with van der Waals surface area (Å²) in [5.41, 5.74) is 0.302. The van der Waals surface area contributed by atoms with Crippen LogP contribution in [0.3, 0.4) is 0 Å². The Morgan fingerprint density at radius 3 is 2.62 bits per heavy atom. The summed E-state index contributed by atoms with van der Waals surface area (Å²) in [7, 11) is 1.42. The van der Waals surface area contributed by atoms with Crippen molar-refractivity contribution in [3.05, 3.63) is 65.6 Å². The predicted octanol–water partition coefficient (Wildman–Crippen LogP) is 4.09. The lowest BCUT2D eigenvalue weighted by atomic mass is 10.1. The highest BCUT2D eigenvalue weighted by molar-refractivity contribution is 5.94. The van der Waals surface area contributed by atoms with E-state index in [1.807, 2.05) is 0 Å². The first-order valence-corrected chi connectivity index (χ1v) is 8.52. The molecule has 10 heteroatoms. The van der Waals surface area contributed by atoms with Gasteiger partial charge in [0.25, 0.3) is 0 Å². The van der Waals surface area contributed by atoms with Gasteiger partial charge < -0.3 is 10.1 Å². The summed E-state index contributed by atoms with van der Waals surface area (Å²) < 4.78 is 48.6. The summed E-state index contributed by atoms with van der Waals surface area (Å²) in [6, 6.07) is 8.49. The molecule has 0 amide bonds. The second-order valence-electron chi connectivity index (χ2n) is 6.25. The van der Waals surface area contributed by atoms with Crippen LogP contribution in [0, 0.1) is 12.7 Å². The number of H-pyrrole nitrogens is 1. The summed E-state index contributed by atoms with van der Waals surface area (Å²) in [6.07, 6.45) is 0.719. The van der Waals surface area contributed by atoms with Crippen LogP contribution in [0.2, 0.25) is 0 Å². The number of nitrogens with one attached hydrogen (secondary N) is 2. The zero-order valence-corrected chi connectivity index (χ0v) is 15.4. The summed E-state index contributed by atoms with van der Waals surface area (Å²) in [5.74, 6) is -4.36. The number of benzene rings is 1. The smallest absolute Gasteiger partial charge is 0.348 e. The fraction of sp³-hybridized carbons (Fsp3) is 0.158. The van der Waals surface area contributed by atoms with Gasteiger partial charge in [-0.25, -0.2) is 14.4 Å². The van der Waals surface area contributed by atoms with Crippen LogP contribution < -0.4 is 10.1 Å². The van der Waals surface area contributed by atoms with Crippen molar-refractivity contribution in [3.8, 4) is 5.75 Å². The van der Waals surface area contributed by atoms with Crippen LogP contribution >= 0.6 is 0 Å². The number of rotatable bonds is 5. The predicted molar refractivity (Wildman–Crippen MR) is 99.9 cm³/mol. The van der Waals surface area contributed by atoms with E-state index < -0.39 is 23.3 Å². The van der Waals surface area contributed by atoms with Gasteiger partial charge >= 0.3 is 5.92 Å². The fourth-order valence-corrected chi connectivity index (χ4v) is 2.81. The molecule has 0 saturated heterocycles. The quantitative estimate of drug-likeness (QED) is 0.525. The number of para-hydroxylation sites is 1. The number of aryl methyl sites for hydroxylation is 1. The molecule has 4 aromatic rings. The Kier molecular flexibility index (Phi) is 4.53. The number of aromatic nitrogens is 5. The van der Waals surface area contributed by atoms with E-state index in [1.54, 1.807) is 31.2 Å². The Labute approximate surface area is 163 Å². The molecular weight excluding hydrogens is 385 g/mol. The van der Waals surface area contributed by atoms with Gasteiger partial charge in [-0.1, -0.05) is 6.07 Å². The largest absolute Gasteiger partial charge is 0.494 e. The molecule has 0 spiro atoms. The lowest BCUT2D eigenvalue weighted by Gasteiger charge is -2.17. The molecular formula is C19H15F3N6O. The molecule has 0 atom stereocenters. The van der Waals surface area contributed by atoms with E-state index in [2.05, 4.69) is 30.5 Å². The lowest BCUT2D eigenvalue weighted by molar-refractivity contribution is 0.0285. The number of anilines is 2. The molecule has 29 heavy (non-hydrogen) atoms. The monoisotopic (exact) mass is 400 g/mol. The van der Waals surface area contributed by atoms with Crippen molar-refractivity contribution in [1.82, 2.24) is 25.1 Å². The Bertz CT molecular complexity index is 1180. The minimum absolute atomic E-state index is 0.122. The van der Waals surface area contributed by atoms with E-state index in [0.717, 1.165) is 24.0 Å². The van der Waals surface area contributed by atoms with Gasteiger partial charge in [-0.2, -0.15) is 13.9 Å². The maximum absolute atomic E-state index is 15.1. The Balaban J connectivity index is 1.91. The molecule has 4 rings (SSSR count). The van der Waals surface area contributed by atoms with Crippen LogP contribution in [0.15, 0.2) is 42.6 Å². The maximum atomic E-state index is 15.1. The highest BCUT2D eigenvalue weighted by Crippen LogP contribution is 2.37. The molecule has 0 aliphatic carbocycles. The van der Waals surface area contributed by atoms with Gasteiger partial charge in [0.15, 0.2) is 5.82 Å². The number of methoxy groups -OCH3 is 1. The van der Waals surface area contributed by atoms with Crippen LogP contribution in [0.5, 0.6) is 5.75 Å². The molecule has 1 aromatic carbocycles. The first-order chi connectivity index (χ1) is 13.9.